The van der Waals surface area contributed by atoms with Crippen LogP contribution in [0.2, 0.25) is 0 Å². The summed E-state index contributed by atoms with van der Waals surface area (Å²) in [5.41, 5.74) is 1.18. The number of esters is 1. The Morgan fingerprint density at radius 1 is 1.14 bits per heavy atom. The summed E-state index contributed by atoms with van der Waals surface area (Å²) in [6.45, 7) is 0.335. The zero-order valence-electron chi connectivity index (χ0n) is 11.5. The fourth-order valence-electron chi connectivity index (χ4n) is 1.84. The van der Waals surface area contributed by atoms with Crippen LogP contribution in [0.3, 0.4) is 0 Å². The first-order valence-corrected chi connectivity index (χ1v) is 6.35. The maximum absolute atomic E-state index is 12.1. The lowest BCUT2D eigenvalue weighted by atomic mass is 10.1. The van der Waals surface area contributed by atoms with Gasteiger partial charge in [-0.1, -0.05) is 30.3 Å². The molecule has 0 bridgehead atoms. The molecular weight excluding hydrogens is 270 g/mol. The zero-order chi connectivity index (χ0) is 15.2. The number of carbonyl (C=O) groups excluding carboxylic acids is 2. The van der Waals surface area contributed by atoms with Gasteiger partial charge in [0.05, 0.1) is 18.2 Å². The summed E-state index contributed by atoms with van der Waals surface area (Å²) < 4.78 is 4.59. The minimum atomic E-state index is -0.563. The first-order chi connectivity index (χ1) is 10.1. The number of phenolic OH excluding ortho intramolecular Hbond substituents is 1. The number of hydrogen-bond donors (Lipinski definition) is 2. The monoisotopic (exact) mass is 285 g/mol. The van der Waals surface area contributed by atoms with Crippen molar-refractivity contribution >= 4 is 11.9 Å². The highest BCUT2D eigenvalue weighted by Crippen LogP contribution is 2.19. The number of nitrogens with one attached hydrogen (secondary N) is 1. The number of methoxy groups -OCH3 is 1. The molecule has 0 unspecified atom stereocenters. The Bertz CT molecular complexity index is 653. The van der Waals surface area contributed by atoms with Crippen LogP contribution in [-0.4, -0.2) is 24.1 Å². The van der Waals surface area contributed by atoms with Crippen molar-refractivity contribution in [1.82, 2.24) is 5.32 Å². The molecule has 108 valence electrons. The molecule has 0 radical (unpaired) electrons. The smallest absolute Gasteiger partial charge is 0.337 e. The summed E-state index contributed by atoms with van der Waals surface area (Å²) in [6, 6.07) is 13.4. The second-order valence-corrected chi connectivity index (χ2v) is 4.39. The molecule has 0 saturated carbocycles. The highest BCUT2D eigenvalue weighted by molar-refractivity contribution is 6.00. The van der Waals surface area contributed by atoms with E-state index in [1.807, 2.05) is 30.3 Å². The quantitative estimate of drug-likeness (QED) is 0.844. The van der Waals surface area contributed by atoms with E-state index in [0.29, 0.717) is 6.54 Å². The minimum absolute atomic E-state index is 0.0360. The Morgan fingerprint density at radius 3 is 2.52 bits per heavy atom. The van der Waals surface area contributed by atoms with Crippen molar-refractivity contribution in [2.24, 2.45) is 0 Å². The molecule has 0 heterocycles. The van der Waals surface area contributed by atoms with Crippen molar-refractivity contribution in [3.8, 4) is 5.75 Å². The molecule has 1 amide bonds. The third-order valence-electron chi connectivity index (χ3n) is 2.96. The molecule has 5 heteroatoms. The molecule has 5 nitrogen and oxygen atoms in total. The number of ether oxygens (including phenoxy) is 1. The summed E-state index contributed by atoms with van der Waals surface area (Å²) >= 11 is 0. The first-order valence-electron chi connectivity index (χ1n) is 6.35. The molecule has 0 aliphatic rings. The van der Waals surface area contributed by atoms with Crippen LogP contribution in [-0.2, 0) is 11.3 Å². The highest BCUT2D eigenvalue weighted by atomic mass is 16.5. The van der Waals surface area contributed by atoms with Gasteiger partial charge >= 0.3 is 5.97 Å². The maximum Gasteiger partial charge on any atom is 0.337 e. The summed E-state index contributed by atoms with van der Waals surface area (Å²) in [5.74, 6) is -1.21. The van der Waals surface area contributed by atoms with Gasteiger partial charge in [0.2, 0.25) is 0 Å². The van der Waals surface area contributed by atoms with Crippen LogP contribution in [0.15, 0.2) is 48.5 Å². The zero-order valence-corrected chi connectivity index (χ0v) is 11.5. The summed E-state index contributed by atoms with van der Waals surface area (Å²) in [4.78, 5) is 23.5. The van der Waals surface area contributed by atoms with Gasteiger partial charge in [0.15, 0.2) is 0 Å². The third-order valence-corrected chi connectivity index (χ3v) is 2.96. The van der Waals surface area contributed by atoms with E-state index in [4.69, 9.17) is 0 Å². The van der Waals surface area contributed by atoms with Crippen LogP contribution < -0.4 is 5.32 Å². The Hall–Kier alpha value is -2.82. The molecule has 0 aliphatic carbocycles. The fourth-order valence-corrected chi connectivity index (χ4v) is 1.84. The Balaban J connectivity index is 2.13. The van der Waals surface area contributed by atoms with Crippen LogP contribution in [0.4, 0.5) is 0 Å². The van der Waals surface area contributed by atoms with E-state index in [0.717, 1.165) is 5.56 Å². The van der Waals surface area contributed by atoms with Gasteiger partial charge < -0.3 is 15.2 Å². The molecule has 2 aromatic carbocycles. The second-order valence-electron chi connectivity index (χ2n) is 4.39. The lowest BCUT2D eigenvalue weighted by Crippen LogP contribution is -2.23. The highest BCUT2D eigenvalue weighted by Gasteiger charge is 2.15. The summed E-state index contributed by atoms with van der Waals surface area (Å²) in [7, 11) is 1.25. The molecule has 0 spiro atoms. The molecule has 0 fully saturated rings. The van der Waals surface area contributed by atoms with Crippen molar-refractivity contribution in [3.05, 3.63) is 65.2 Å². The molecule has 0 atom stereocenters. The average Bonchev–Trinajstić information content (AvgIpc) is 2.53. The fraction of sp³-hybridized carbons (Fsp3) is 0.125. The molecule has 0 saturated heterocycles. The molecular formula is C16H15NO4. The van der Waals surface area contributed by atoms with Crippen molar-refractivity contribution in [1.29, 1.82) is 0 Å². The van der Waals surface area contributed by atoms with Crippen molar-refractivity contribution in [2.75, 3.05) is 7.11 Å². The number of hydrogen-bond acceptors (Lipinski definition) is 4. The molecule has 2 aromatic rings. The second kappa shape index (κ2) is 6.56. The number of amides is 1. The van der Waals surface area contributed by atoms with Crippen LogP contribution >= 0.6 is 0 Å². The standard InChI is InChI=1S/C16H15NO4/c1-21-16(20)12-7-8-14(18)13(9-12)15(19)17-10-11-5-3-2-4-6-11/h2-9,18H,10H2,1H3,(H,17,19). The number of carbonyl (C=O) groups is 2. The van der Waals surface area contributed by atoms with E-state index in [-0.39, 0.29) is 16.9 Å². The topological polar surface area (TPSA) is 75.6 Å². The lowest BCUT2D eigenvalue weighted by Gasteiger charge is -2.08. The number of rotatable bonds is 4. The van der Waals surface area contributed by atoms with Gasteiger partial charge in [-0.05, 0) is 23.8 Å². The molecule has 2 N–H and O–H groups in total. The number of benzene rings is 2. The van der Waals surface area contributed by atoms with E-state index < -0.39 is 11.9 Å². The van der Waals surface area contributed by atoms with Crippen LogP contribution in [0.25, 0.3) is 0 Å². The number of aromatic hydroxyl groups is 1. The average molecular weight is 285 g/mol. The van der Waals surface area contributed by atoms with Crippen LogP contribution in [0.1, 0.15) is 26.3 Å². The van der Waals surface area contributed by atoms with Gasteiger partial charge in [-0.2, -0.15) is 0 Å². The van der Waals surface area contributed by atoms with E-state index in [9.17, 15) is 14.7 Å². The maximum atomic E-state index is 12.1. The molecule has 0 aromatic heterocycles. The third kappa shape index (κ3) is 3.60. The van der Waals surface area contributed by atoms with E-state index in [1.54, 1.807) is 0 Å². The van der Waals surface area contributed by atoms with Gasteiger partial charge in [-0.3, -0.25) is 4.79 Å². The van der Waals surface area contributed by atoms with E-state index in [1.165, 1.54) is 25.3 Å². The molecule has 0 aliphatic heterocycles. The minimum Gasteiger partial charge on any atom is -0.507 e. The Labute approximate surface area is 122 Å². The predicted molar refractivity (Wildman–Crippen MR) is 77.1 cm³/mol. The summed E-state index contributed by atoms with van der Waals surface area (Å²) in [5, 5.41) is 12.4. The largest absolute Gasteiger partial charge is 0.507 e. The van der Waals surface area contributed by atoms with Gasteiger partial charge in [0.25, 0.3) is 5.91 Å². The predicted octanol–water partition coefficient (Wildman–Crippen LogP) is 2.11. The van der Waals surface area contributed by atoms with Crippen molar-refractivity contribution < 1.29 is 19.4 Å². The van der Waals surface area contributed by atoms with Gasteiger partial charge in [0.1, 0.15) is 5.75 Å². The lowest BCUT2D eigenvalue weighted by molar-refractivity contribution is 0.0600. The van der Waals surface area contributed by atoms with Crippen LogP contribution in [0.5, 0.6) is 5.75 Å². The summed E-state index contributed by atoms with van der Waals surface area (Å²) in [6.07, 6.45) is 0. The van der Waals surface area contributed by atoms with E-state index >= 15 is 0 Å². The van der Waals surface area contributed by atoms with E-state index in [2.05, 4.69) is 10.1 Å². The Kier molecular flexibility index (Phi) is 4.56. The van der Waals surface area contributed by atoms with Gasteiger partial charge in [-0.25, -0.2) is 4.79 Å². The Morgan fingerprint density at radius 2 is 1.86 bits per heavy atom. The molecule has 2 rings (SSSR count). The van der Waals surface area contributed by atoms with Crippen LogP contribution in [0, 0.1) is 0 Å². The van der Waals surface area contributed by atoms with Crippen molar-refractivity contribution in [3.63, 3.8) is 0 Å². The molecule has 21 heavy (non-hydrogen) atoms. The van der Waals surface area contributed by atoms with Crippen molar-refractivity contribution in [2.45, 2.75) is 6.54 Å². The van der Waals surface area contributed by atoms with Gasteiger partial charge in [-0.15, -0.1) is 0 Å². The normalized spacial score (nSPS) is 9.95. The first kappa shape index (κ1) is 14.6. The number of phenols is 1. The SMILES string of the molecule is COC(=O)c1ccc(O)c(C(=O)NCc2ccccc2)c1. The van der Waals surface area contributed by atoms with Gasteiger partial charge in [0, 0.05) is 6.54 Å².